The molecule has 4 heteroatoms. The lowest BCUT2D eigenvalue weighted by Gasteiger charge is -2.17. The third-order valence-electron chi connectivity index (χ3n) is 4.93. The van der Waals surface area contributed by atoms with Crippen LogP contribution in [0, 0.1) is 0 Å². The molecule has 0 aliphatic rings. The van der Waals surface area contributed by atoms with Gasteiger partial charge in [-0.05, 0) is 42.5 Å². The maximum Gasteiger partial charge on any atom is 0.161 e. The fourth-order valence-electron chi connectivity index (χ4n) is 3.36. The Hall–Kier alpha value is -1.71. The molecule has 0 saturated carbocycles. The number of halogens is 1. The summed E-state index contributed by atoms with van der Waals surface area (Å²) in [5.41, 5.74) is 2.63. The van der Waals surface area contributed by atoms with Gasteiger partial charge in [0, 0.05) is 12.8 Å². The third kappa shape index (κ3) is 8.53. The number of unbranched alkanes of at least 4 members (excludes halogenated alkanes) is 1. The average molecular weight is 406 g/mol. The smallest absolute Gasteiger partial charge is 0.161 e. The molecule has 0 unspecified atom stereocenters. The lowest BCUT2D eigenvalue weighted by molar-refractivity contribution is -0.689. The second-order valence-corrected chi connectivity index (χ2v) is 7.20. The Morgan fingerprint density at radius 2 is 1.71 bits per heavy atom. The molecule has 2 aromatic carbocycles. The van der Waals surface area contributed by atoms with Crippen LogP contribution in [-0.2, 0) is 12.8 Å². The van der Waals surface area contributed by atoms with Crippen molar-refractivity contribution in [2.75, 3.05) is 20.3 Å². The van der Waals surface area contributed by atoms with Crippen LogP contribution in [0.5, 0.6) is 11.5 Å². The Kier molecular flexibility index (Phi) is 12.4. The van der Waals surface area contributed by atoms with Gasteiger partial charge in [-0.25, -0.2) is 0 Å². The molecule has 0 aliphatic carbocycles. The average Bonchev–Trinajstić information content (AvgIpc) is 2.71. The summed E-state index contributed by atoms with van der Waals surface area (Å²) in [4.78, 5) is 0. The molecule has 0 radical (unpaired) electrons. The summed E-state index contributed by atoms with van der Waals surface area (Å²) < 4.78 is 11.6. The fraction of sp³-hybridized carbons (Fsp3) is 0.500. The van der Waals surface area contributed by atoms with Gasteiger partial charge in [0.15, 0.2) is 11.5 Å². The molecule has 0 fully saturated rings. The summed E-state index contributed by atoms with van der Waals surface area (Å²) >= 11 is 0. The minimum Gasteiger partial charge on any atom is -1.00 e. The van der Waals surface area contributed by atoms with Gasteiger partial charge in [0.1, 0.15) is 0 Å². The molecule has 2 N–H and O–H groups in total. The number of methoxy groups -OCH3 is 1. The van der Waals surface area contributed by atoms with E-state index in [9.17, 15) is 0 Å². The first-order chi connectivity index (χ1) is 13.3. The first kappa shape index (κ1) is 24.3. The van der Waals surface area contributed by atoms with Gasteiger partial charge in [0.05, 0.1) is 26.3 Å². The molecule has 3 nitrogen and oxygen atoms in total. The van der Waals surface area contributed by atoms with Crippen molar-refractivity contribution in [3.8, 4) is 11.5 Å². The first-order valence-corrected chi connectivity index (χ1v) is 10.4. The van der Waals surface area contributed by atoms with Gasteiger partial charge in [-0.3, -0.25) is 0 Å². The van der Waals surface area contributed by atoms with Crippen LogP contribution >= 0.6 is 0 Å². The summed E-state index contributed by atoms with van der Waals surface area (Å²) in [7, 11) is 1.71. The highest BCUT2D eigenvalue weighted by Gasteiger charge is 2.14. The molecular weight excluding hydrogens is 370 g/mol. The van der Waals surface area contributed by atoms with E-state index in [0.717, 1.165) is 24.3 Å². The van der Waals surface area contributed by atoms with E-state index in [-0.39, 0.29) is 12.4 Å². The topological polar surface area (TPSA) is 35.1 Å². The lowest BCUT2D eigenvalue weighted by atomic mass is 10.0. The van der Waals surface area contributed by atoms with Gasteiger partial charge in [-0.2, -0.15) is 0 Å². The highest BCUT2D eigenvalue weighted by Crippen LogP contribution is 2.28. The normalized spacial score (nSPS) is 11.5. The molecule has 0 saturated heterocycles. The van der Waals surface area contributed by atoms with Gasteiger partial charge < -0.3 is 27.2 Å². The Morgan fingerprint density at radius 3 is 2.39 bits per heavy atom. The van der Waals surface area contributed by atoms with E-state index in [4.69, 9.17) is 9.47 Å². The minimum absolute atomic E-state index is 0. The minimum atomic E-state index is 0. The standard InChI is InChI=1S/C24H35NO2.ClH/c1-4-6-12-22(25-16-5-2)18-21-13-14-23(26-3)24(19-21)27-17-15-20-10-8-7-9-11-20;/h7-11,13-14,19,22,25H,4-6,12,15-18H2,1-3H3;1H/t22-;/m1./s1. The van der Waals surface area contributed by atoms with Crippen LogP contribution in [0.25, 0.3) is 0 Å². The monoisotopic (exact) mass is 405 g/mol. The van der Waals surface area contributed by atoms with Crippen molar-refractivity contribution in [3.05, 3.63) is 59.7 Å². The van der Waals surface area contributed by atoms with E-state index >= 15 is 0 Å². The van der Waals surface area contributed by atoms with E-state index in [1.165, 1.54) is 43.4 Å². The molecule has 0 aliphatic heterocycles. The van der Waals surface area contributed by atoms with Crippen molar-refractivity contribution in [1.82, 2.24) is 0 Å². The van der Waals surface area contributed by atoms with E-state index < -0.39 is 0 Å². The maximum absolute atomic E-state index is 6.08. The van der Waals surface area contributed by atoms with Crippen LogP contribution in [0.15, 0.2) is 48.5 Å². The molecule has 156 valence electrons. The van der Waals surface area contributed by atoms with Gasteiger partial charge >= 0.3 is 0 Å². The Labute approximate surface area is 177 Å². The van der Waals surface area contributed by atoms with Crippen molar-refractivity contribution >= 4 is 0 Å². The highest BCUT2D eigenvalue weighted by molar-refractivity contribution is 5.43. The number of hydrogen-bond donors (Lipinski definition) is 1. The molecule has 1 atom stereocenters. The summed E-state index contributed by atoms with van der Waals surface area (Å²) in [5, 5.41) is 2.51. The molecular formula is C24H36ClNO2. The number of hydrogen-bond acceptors (Lipinski definition) is 2. The quantitative estimate of drug-likeness (QED) is 0.546. The zero-order chi connectivity index (χ0) is 19.3. The van der Waals surface area contributed by atoms with Crippen LogP contribution in [0.1, 0.15) is 50.7 Å². The van der Waals surface area contributed by atoms with Gasteiger partial charge in [0.2, 0.25) is 0 Å². The number of quaternary nitrogens is 1. The summed E-state index contributed by atoms with van der Waals surface area (Å²) in [6, 6.07) is 17.5. The predicted molar refractivity (Wildman–Crippen MR) is 113 cm³/mol. The van der Waals surface area contributed by atoms with Crippen LogP contribution in [-0.4, -0.2) is 26.3 Å². The predicted octanol–water partition coefficient (Wildman–Crippen LogP) is 1.40. The summed E-state index contributed by atoms with van der Waals surface area (Å²) in [6.07, 6.45) is 7.02. The molecule has 0 spiro atoms. The second-order valence-electron chi connectivity index (χ2n) is 7.20. The fourth-order valence-corrected chi connectivity index (χ4v) is 3.36. The van der Waals surface area contributed by atoms with E-state index in [1.807, 2.05) is 12.1 Å². The van der Waals surface area contributed by atoms with Crippen molar-refractivity contribution < 1.29 is 27.2 Å². The van der Waals surface area contributed by atoms with Crippen molar-refractivity contribution in [2.45, 2.75) is 58.4 Å². The summed E-state index contributed by atoms with van der Waals surface area (Å²) in [6.45, 7) is 6.37. The second kappa shape index (κ2) is 14.3. The van der Waals surface area contributed by atoms with Gasteiger partial charge in [0.25, 0.3) is 0 Å². The third-order valence-corrected chi connectivity index (χ3v) is 4.93. The highest BCUT2D eigenvalue weighted by atomic mass is 35.5. The van der Waals surface area contributed by atoms with Gasteiger partial charge in [-0.15, -0.1) is 0 Å². The van der Waals surface area contributed by atoms with E-state index in [0.29, 0.717) is 12.6 Å². The zero-order valence-electron chi connectivity index (χ0n) is 17.6. The molecule has 0 bridgehead atoms. The number of rotatable bonds is 13. The maximum atomic E-state index is 6.08. The van der Waals surface area contributed by atoms with Crippen LogP contribution in [0.2, 0.25) is 0 Å². The van der Waals surface area contributed by atoms with Crippen molar-refractivity contribution in [2.24, 2.45) is 0 Å². The van der Waals surface area contributed by atoms with Crippen LogP contribution < -0.4 is 27.2 Å². The molecule has 0 heterocycles. The largest absolute Gasteiger partial charge is 1.00 e. The molecule has 0 amide bonds. The Morgan fingerprint density at radius 1 is 0.929 bits per heavy atom. The van der Waals surface area contributed by atoms with E-state index in [1.54, 1.807) is 7.11 Å². The SMILES string of the molecule is CCCC[C@H](Cc1ccc(OC)c(OCCc2ccccc2)c1)[NH2+]CCC.[Cl-]. The molecule has 2 aromatic rings. The van der Waals surface area contributed by atoms with E-state index in [2.05, 4.69) is 55.6 Å². The van der Waals surface area contributed by atoms with Gasteiger partial charge in [-0.1, -0.05) is 56.7 Å². The molecule has 28 heavy (non-hydrogen) atoms. The lowest BCUT2D eigenvalue weighted by Crippen LogP contribution is -3.00. The number of ether oxygens (including phenoxy) is 2. The number of benzene rings is 2. The Balaban J connectivity index is 0.00000392. The Bertz CT molecular complexity index is 640. The zero-order valence-corrected chi connectivity index (χ0v) is 18.4. The molecule has 0 aromatic heterocycles. The first-order valence-electron chi connectivity index (χ1n) is 10.4. The molecule has 2 rings (SSSR count). The number of nitrogens with two attached hydrogens (primary N) is 1. The van der Waals surface area contributed by atoms with Crippen LogP contribution in [0.3, 0.4) is 0 Å². The van der Waals surface area contributed by atoms with Crippen LogP contribution in [0.4, 0.5) is 0 Å². The summed E-state index contributed by atoms with van der Waals surface area (Å²) in [5.74, 6) is 1.67. The van der Waals surface area contributed by atoms with Crippen molar-refractivity contribution in [3.63, 3.8) is 0 Å². The van der Waals surface area contributed by atoms with Crippen molar-refractivity contribution in [1.29, 1.82) is 0 Å².